The second kappa shape index (κ2) is 7.47. The van der Waals surface area contributed by atoms with Crippen molar-refractivity contribution in [2.24, 2.45) is 0 Å². The molecule has 0 spiro atoms. The molecule has 1 rings (SSSR count). The Kier molecular flexibility index (Phi) is 6.25. The highest BCUT2D eigenvalue weighted by atomic mass is 79.9. The molecule has 20 heavy (non-hydrogen) atoms. The molecule has 0 amide bonds. The van der Waals surface area contributed by atoms with E-state index in [1.54, 1.807) is 6.92 Å². The van der Waals surface area contributed by atoms with Gasteiger partial charge in [-0.3, -0.25) is 0 Å². The van der Waals surface area contributed by atoms with Gasteiger partial charge in [0.05, 0.1) is 13.7 Å². The van der Waals surface area contributed by atoms with Crippen molar-refractivity contribution in [2.45, 2.75) is 13.5 Å². The molecule has 0 radical (unpaired) electrons. The van der Waals surface area contributed by atoms with E-state index in [-0.39, 0.29) is 34.9 Å². The molecule has 0 aromatic heterocycles. The first-order chi connectivity index (χ1) is 9.49. The van der Waals surface area contributed by atoms with Gasteiger partial charge in [-0.05, 0) is 28.4 Å². The van der Waals surface area contributed by atoms with Crippen molar-refractivity contribution in [3.05, 3.63) is 21.2 Å². The minimum Gasteiger partial charge on any atom is -0.506 e. The zero-order valence-corrected chi connectivity index (χ0v) is 13.4. The maximum Gasteiger partial charge on any atom is 0.341 e. The number of carbonyl (C=O) groups excluding carboxylic acids is 1. The van der Waals surface area contributed by atoms with E-state index in [0.29, 0.717) is 11.1 Å². The van der Waals surface area contributed by atoms with Gasteiger partial charge < -0.3 is 24.1 Å². The van der Waals surface area contributed by atoms with Crippen LogP contribution in [0, 0.1) is 6.92 Å². The van der Waals surface area contributed by atoms with E-state index in [2.05, 4.69) is 15.9 Å². The van der Waals surface area contributed by atoms with Crippen LogP contribution in [0.4, 0.5) is 0 Å². The second-order valence-corrected chi connectivity index (χ2v) is 4.74. The third-order valence-corrected chi connectivity index (χ3v) is 3.48. The van der Waals surface area contributed by atoms with Gasteiger partial charge in [0.2, 0.25) is 0 Å². The quantitative estimate of drug-likeness (QED) is 0.628. The Morgan fingerprint density at radius 3 is 2.40 bits per heavy atom. The lowest BCUT2D eigenvalue weighted by Crippen LogP contribution is -2.12. The molecule has 0 bridgehead atoms. The number of ether oxygens (including phenoxy) is 4. The zero-order chi connectivity index (χ0) is 15.3. The predicted molar refractivity (Wildman–Crippen MR) is 75.1 cm³/mol. The molecule has 6 nitrogen and oxygen atoms in total. The highest BCUT2D eigenvalue weighted by molar-refractivity contribution is 9.10. The Balaban J connectivity index is 3.52. The fourth-order valence-electron chi connectivity index (χ4n) is 1.77. The van der Waals surface area contributed by atoms with Crippen molar-refractivity contribution >= 4 is 21.9 Å². The van der Waals surface area contributed by atoms with Crippen LogP contribution in [0.3, 0.4) is 0 Å². The van der Waals surface area contributed by atoms with E-state index in [1.807, 2.05) is 0 Å². The number of rotatable bonds is 6. The maximum atomic E-state index is 12.0. The fraction of sp³-hybridized carbons (Fsp3) is 0.462. The lowest BCUT2D eigenvalue weighted by Gasteiger charge is -2.18. The minimum absolute atomic E-state index is 0.0388. The molecule has 112 valence electrons. The summed E-state index contributed by atoms with van der Waals surface area (Å²) in [5.41, 5.74) is 1.25. The molecule has 1 N–H and O–H groups in total. The van der Waals surface area contributed by atoms with E-state index in [4.69, 9.17) is 18.9 Å². The first-order valence-corrected chi connectivity index (χ1v) is 6.51. The van der Waals surface area contributed by atoms with Crippen LogP contribution in [0.25, 0.3) is 0 Å². The van der Waals surface area contributed by atoms with Gasteiger partial charge >= 0.3 is 5.97 Å². The van der Waals surface area contributed by atoms with Crippen molar-refractivity contribution in [2.75, 3.05) is 28.1 Å². The first-order valence-electron chi connectivity index (χ1n) is 5.72. The van der Waals surface area contributed by atoms with Gasteiger partial charge in [0.1, 0.15) is 15.8 Å². The molecule has 0 atom stereocenters. The number of benzene rings is 1. The average Bonchev–Trinajstić information content (AvgIpc) is 2.45. The minimum atomic E-state index is -0.563. The smallest absolute Gasteiger partial charge is 0.341 e. The Hall–Kier alpha value is -1.31. The number of methoxy groups -OCH3 is 3. The van der Waals surface area contributed by atoms with Crippen LogP contribution < -0.4 is 4.74 Å². The molecular formula is C13H17BrO6. The normalized spacial score (nSPS) is 10.4. The standard InChI is InChI=1S/C13H17BrO6/c1-7-8(5-17-2)11(15)10(14)12(20-6-18-3)9(7)13(16)19-4/h15H,5-6H2,1-4H3. The van der Waals surface area contributed by atoms with Gasteiger partial charge in [-0.15, -0.1) is 0 Å². The van der Waals surface area contributed by atoms with Crippen molar-refractivity contribution < 1.29 is 28.8 Å². The van der Waals surface area contributed by atoms with Crippen LogP contribution in [0.2, 0.25) is 0 Å². The van der Waals surface area contributed by atoms with Gasteiger partial charge in [-0.1, -0.05) is 0 Å². The monoisotopic (exact) mass is 348 g/mol. The summed E-state index contributed by atoms with van der Waals surface area (Å²) in [6.07, 6.45) is 0. The highest BCUT2D eigenvalue weighted by Crippen LogP contribution is 2.42. The molecule has 0 fully saturated rings. The Labute approximate surface area is 125 Å². The number of hydrogen-bond donors (Lipinski definition) is 1. The van der Waals surface area contributed by atoms with Gasteiger partial charge in [0, 0.05) is 19.8 Å². The number of carbonyl (C=O) groups is 1. The first kappa shape index (κ1) is 16.7. The number of aromatic hydroxyl groups is 1. The summed E-state index contributed by atoms with van der Waals surface area (Å²) in [6.45, 7) is 1.78. The number of phenolic OH excluding ortho intramolecular Hbond substituents is 1. The third kappa shape index (κ3) is 3.23. The van der Waals surface area contributed by atoms with Crippen molar-refractivity contribution in [1.82, 2.24) is 0 Å². The Morgan fingerprint density at radius 2 is 1.90 bits per heavy atom. The van der Waals surface area contributed by atoms with Crippen LogP contribution in [0.1, 0.15) is 21.5 Å². The van der Waals surface area contributed by atoms with E-state index in [9.17, 15) is 9.90 Å². The summed E-state index contributed by atoms with van der Waals surface area (Å²) in [4.78, 5) is 12.0. The number of phenols is 1. The molecule has 1 aromatic rings. The maximum absolute atomic E-state index is 12.0. The zero-order valence-electron chi connectivity index (χ0n) is 11.8. The highest BCUT2D eigenvalue weighted by Gasteiger charge is 2.26. The van der Waals surface area contributed by atoms with Crippen LogP contribution in [-0.2, 0) is 20.8 Å². The van der Waals surface area contributed by atoms with Crippen molar-refractivity contribution in [3.8, 4) is 11.5 Å². The van der Waals surface area contributed by atoms with Gasteiger partial charge in [0.15, 0.2) is 12.5 Å². The van der Waals surface area contributed by atoms with E-state index < -0.39 is 5.97 Å². The van der Waals surface area contributed by atoms with Gasteiger partial charge in [-0.25, -0.2) is 4.79 Å². The van der Waals surface area contributed by atoms with Crippen LogP contribution >= 0.6 is 15.9 Å². The fourth-order valence-corrected chi connectivity index (χ4v) is 2.32. The lowest BCUT2D eigenvalue weighted by molar-refractivity contribution is 0.0457. The second-order valence-electron chi connectivity index (χ2n) is 3.95. The average molecular weight is 349 g/mol. The molecule has 0 heterocycles. The SMILES string of the molecule is COCOc1c(Br)c(O)c(COC)c(C)c1C(=O)OC. The third-order valence-electron chi connectivity index (χ3n) is 2.75. The van der Waals surface area contributed by atoms with Crippen LogP contribution in [0.15, 0.2) is 4.47 Å². The van der Waals surface area contributed by atoms with Crippen LogP contribution in [-0.4, -0.2) is 39.2 Å². The lowest BCUT2D eigenvalue weighted by atomic mass is 10.0. The van der Waals surface area contributed by atoms with E-state index in [1.165, 1.54) is 21.3 Å². The molecule has 7 heteroatoms. The van der Waals surface area contributed by atoms with Crippen molar-refractivity contribution in [3.63, 3.8) is 0 Å². The molecule has 0 saturated carbocycles. The molecule has 1 aromatic carbocycles. The summed E-state index contributed by atoms with van der Waals surface area (Å²) < 4.78 is 20.2. The summed E-state index contributed by atoms with van der Waals surface area (Å²) in [5, 5.41) is 10.2. The summed E-state index contributed by atoms with van der Waals surface area (Å²) in [6, 6.07) is 0. The molecule has 0 aliphatic rings. The van der Waals surface area contributed by atoms with Crippen LogP contribution in [0.5, 0.6) is 11.5 Å². The number of halogens is 1. The predicted octanol–water partition coefficient (Wildman–Crippen LogP) is 2.38. The number of esters is 1. The summed E-state index contributed by atoms with van der Waals surface area (Å²) >= 11 is 3.22. The van der Waals surface area contributed by atoms with Gasteiger partial charge in [0.25, 0.3) is 0 Å². The van der Waals surface area contributed by atoms with Crippen molar-refractivity contribution in [1.29, 1.82) is 0 Å². The molecule has 0 aliphatic carbocycles. The largest absolute Gasteiger partial charge is 0.506 e. The van der Waals surface area contributed by atoms with Gasteiger partial charge in [-0.2, -0.15) is 0 Å². The Morgan fingerprint density at radius 1 is 1.25 bits per heavy atom. The molecule has 0 aliphatic heterocycles. The molecule has 0 saturated heterocycles. The molecular weight excluding hydrogens is 332 g/mol. The summed E-state index contributed by atoms with van der Waals surface area (Å²) in [7, 11) is 4.23. The Bertz CT molecular complexity index is 500. The molecule has 0 unspecified atom stereocenters. The van der Waals surface area contributed by atoms with E-state index >= 15 is 0 Å². The summed E-state index contributed by atoms with van der Waals surface area (Å²) in [5.74, 6) is -0.427. The number of hydrogen-bond acceptors (Lipinski definition) is 6. The van der Waals surface area contributed by atoms with E-state index in [0.717, 1.165) is 0 Å². The topological polar surface area (TPSA) is 74.2 Å².